The lowest BCUT2D eigenvalue weighted by Gasteiger charge is -2.27. The Kier molecular flexibility index (Phi) is 2.78. The molecule has 0 radical (unpaired) electrons. The average Bonchev–Trinajstić information content (AvgIpc) is 2.97. The van der Waals surface area contributed by atoms with Crippen LogP contribution in [0.15, 0.2) is 24.3 Å². The van der Waals surface area contributed by atoms with E-state index in [0.717, 1.165) is 33.3 Å². The van der Waals surface area contributed by atoms with E-state index >= 15 is 0 Å². The molecule has 3 aromatic rings. The molecule has 0 aliphatic heterocycles. The molecule has 0 amide bonds. The van der Waals surface area contributed by atoms with E-state index < -0.39 is 0 Å². The fraction of sp³-hybridized carbons (Fsp3) is 0.353. The summed E-state index contributed by atoms with van der Waals surface area (Å²) in [6, 6.07) is 8.18. The lowest BCUT2D eigenvalue weighted by atomic mass is 9.78. The molecular weight excluding hydrogens is 294 g/mol. The Balaban J connectivity index is 1.87. The Morgan fingerprint density at radius 2 is 2.09 bits per heavy atom. The Labute approximate surface area is 132 Å². The molecule has 112 valence electrons. The Morgan fingerprint density at radius 3 is 2.86 bits per heavy atom. The summed E-state index contributed by atoms with van der Waals surface area (Å²) in [7, 11) is 0. The SMILES string of the molecule is Cc1cccc(-c2nc3sc4c(n3n2)CC(C)(C)CC4=O)c1. The number of aryl methyl sites for hydroxylation is 1. The summed E-state index contributed by atoms with van der Waals surface area (Å²) in [5.74, 6) is 0.953. The largest absolute Gasteiger partial charge is 0.293 e. The van der Waals surface area contributed by atoms with Crippen LogP contribution in [0.1, 0.15) is 41.2 Å². The first-order valence-corrected chi connectivity index (χ1v) is 8.23. The van der Waals surface area contributed by atoms with Crippen molar-refractivity contribution in [3.63, 3.8) is 0 Å². The number of benzene rings is 1. The summed E-state index contributed by atoms with van der Waals surface area (Å²) in [6.07, 6.45) is 1.47. The highest BCUT2D eigenvalue weighted by Crippen LogP contribution is 2.38. The molecule has 0 bridgehead atoms. The molecule has 0 saturated heterocycles. The zero-order chi connectivity index (χ0) is 15.5. The first-order valence-electron chi connectivity index (χ1n) is 7.42. The van der Waals surface area contributed by atoms with Gasteiger partial charge in [0, 0.05) is 12.0 Å². The standard InChI is InChI=1S/C17H17N3OS/c1-10-5-4-6-11(7-10)15-18-16-20(19-15)12-8-17(2,3)9-13(21)14(12)22-16/h4-7H,8-9H2,1-3H3. The quantitative estimate of drug-likeness (QED) is 0.684. The van der Waals surface area contributed by atoms with Gasteiger partial charge in [0.1, 0.15) is 0 Å². The van der Waals surface area contributed by atoms with Crippen molar-refractivity contribution in [1.29, 1.82) is 0 Å². The van der Waals surface area contributed by atoms with Gasteiger partial charge in [-0.3, -0.25) is 4.79 Å². The third-order valence-corrected chi connectivity index (χ3v) is 5.22. The number of ketones is 1. The van der Waals surface area contributed by atoms with Gasteiger partial charge in [-0.15, -0.1) is 5.10 Å². The van der Waals surface area contributed by atoms with E-state index in [4.69, 9.17) is 0 Å². The number of thiazole rings is 1. The number of nitrogens with zero attached hydrogens (tertiary/aromatic N) is 3. The molecule has 5 heteroatoms. The van der Waals surface area contributed by atoms with Crippen molar-refractivity contribution >= 4 is 22.1 Å². The van der Waals surface area contributed by atoms with Gasteiger partial charge in [0.25, 0.3) is 0 Å². The first-order chi connectivity index (χ1) is 10.4. The number of carbonyl (C=O) groups excluding carboxylic acids is 1. The number of carbonyl (C=O) groups is 1. The van der Waals surface area contributed by atoms with Gasteiger partial charge in [-0.05, 0) is 24.8 Å². The zero-order valence-corrected chi connectivity index (χ0v) is 13.7. The van der Waals surface area contributed by atoms with E-state index in [-0.39, 0.29) is 11.2 Å². The number of aromatic nitrogens is 3. The van der Waals surface area contributed by atoms with Crippen molar-refractivity contribution in [3.05, 3.63) is 40.4 Å². The third-order valence-electron chi connectivity index (χ3n) is 4.10. The van der Waals surface area contributed by atoms with Gasteiger partial charge >= 0.3 is 0 Å². The van der Waals surface area contributed by atoms with Crippen molar-refractivity contribution in [3.8, 4) is 11.4 Å². The topological polar surface area (TPSA) is 47.3 Å². The van der Waals surface area contributed by atoms with E-state index in [1.807, 2.05) is 16.6 Å². The van der Waals surface area contributed by atoms with E-state index in [0.29, 0.717) is 6.42 Å². The summed E-state index contributed by atoms with van der Waals surface area (Å²) in [5, 5.41) is 4.66. The van der Waals surface area contributed by atoms with E-state index in [1.165, 1.54) is 16.9 Å². The lowest BCUT2D eigenvalue weighted by Crippen LogP contribution is -2.27. The Bertz CT molecular complexity index is 904. The molecule has 2 aromatic heterocycles. The maximum absolute atomic E-state index is 12.3. The van der Waals surface area contributed by atoms with Crippen molar-refractivity contribution < 1.29 is 4.79 Å². The Morgan fingerprint density at radius 1 is 1.27 bits per heavy atom. The molecule has 1 aliphatic carbocycles. The van der Waals surface area contributed by atoms with Gasteiger partial charge in [-0.25, -0.2) is 4.52 Å². The number of fused-ring (bicyclic) bond motifs is 3. The Hall–Kier alpha value is -2.01. The molecule has 1 aromatic carbocycles. The van der Waals surface area contributed by atoms with Crippen molar-refractivity contribution in [2.75, 3.05) is 0 Å². The summed E-state index contributed by atoms with van der Waals surface area (Å²) in [5.41, 5.74) is 3.22. The summed E-state index contributed by atoms with van der Waals surface area (Å²) in [6.45, 7) is 6.33. The smallest absolute Gasteiger partial charge is 0.213 e. The molecule has 22 heavy (non-hydrogen) atoms. The van der Waals surface area contributed by atoms with Crippen molar-refractivity contribution in [2.45, 2.75) is 33.6 Å². The first kappa shape index (κ1) is 13.6. The minimum absolute atomic E-state index is 0.00641. The number of hydrogen-bond donors (Lipinski definition) is 0. The van der Waals surface area contributed by atoms with Crippen LogP contribution in [0.2, 0.25) is 0 Å². The van der Waals surface area contributed by atoms with Gasteiger partial charge in [0.15, 0.2) is 11.6 Å². The normalized spacial score (nSPS) is 17.0. The summed E-state index contributed by atoms with van der Waals surface area (Å²) < 4.78 is 1.87. The van der Waals surface area contributed by atoms with Crippen LogP contribution in [0.4, 0.5) is 0 Å². The zero-order valence-electron chi connectivity index (χ0n) is 12.9. The molecule has 0 N–H and O–H groups in total. The second-order valence-corrected chi connectivity index (χ2v) is 7.80. The van der Waals surface area contributed by atoms with E-state index in [9.17, 15) is 4.79 Å². The third kappa shape index (κ3) is 2.08. The van der Waals surface area contributed by atoms with Crippen LogP contribution in [0, 0.1) is 12.3 Å². The maximum atomic E-state index is 12.3. The molecule has 4 rings (SSSR count). The second-order valence-electron chi connectivity index (χ2n) is 6.82. The van der Waals surface area contributed by atoms with Crippen molar-refractivity contribution in [2.24, 2.45) is 5.41 Å². The minimum Gasteiger partial charge on any atom is -0.293 e. The summed E-state index contributed by atoms with van der Waals surface area (Å²) in [4.78, 5) is 18.6. The predicted molar refractivity (Wildman–Crippen MR) is 87.5 cm³/mol. The highest BCUT2D eigenvalue weighted by atomic mass is 32.1. The molecule has 0 atom stereocenters. The van der Waals surface area contributed by atoms with Gasteiger partial charge in [0.2, 0.25) is 4.96 Å². The molecule has 0 fully saturated rings. The fourth-order valence-electron chi connectivity index (χ4n) is 3.10. The predicted octanol–water partition coefficient (Wildman–Crippen LogP) is 3.92. The minimum atomic E-state index is -0.00641. The van der Waals surface area contributed by atoms with Crippen LogP contribution in [-0.2, 0) is 6.42 Å². The van der Waals surface area contributed by atoms with Crippen LogP contribution in [-0.4, -0.2) is 20.4 Å². The van der Waals surface area contributed by atoms with Gasteiger partial charge < -0.3 is 0 Å². The fourth-order valence-corrected chi connectivity index (χ4v) is 4.11. The highest BCUT2D eigenvalue weighted by molar-refractivity contribution is 7.19. The van der Waals surface area contributed by atoms with Crippen LogP contribution >= 0.6 is 11.3 Å². The van der Waals surface area contributed by atoms with Crippen LogP contribution in [0.5, 0.6) is 0 Å². The van der Waals surface area contributed by atoms with Crippen LogP contribution in [0.3, 0.4) is 0 Å². The number of hydrogen-bond acceptors (Lipinski definition) is 4. The molecule has 0 saturated carbocycles. The molecule has 4 nitrogen and oxygen atoms in total. The average molecular weight is 311 g/mol. The number of rotatable bonds is 1. The van der Waals surface area contributed by atoms with Gasteiger partial charge in [0.05, 0.1) is 10.6 Å². The molecular formula is C17H17N3OS. The lowest BCUT2D eigenvalue weighted by molar-refractivity contribution is 0.0915. The number of Topliss-reactive ketones (excluding diaryl/α,β-unsaturated/α-hetero) is 1. The van der Waals surface area contributed by atoms with Crippen LogP contribution in [0.25, 0.3) is 16.3 Å². The van der Waals surface area contributed by atoms with E-state index in [2.05, 4.69) is 43.0 Å². The second kappa shape index (κ2) is 4.49. The molecule has 1 aliphatic rings. The highest BCUT2D eigenvalue weighted by Gasteiger charge is 2.35. The maximum Gasteiger partial charge on any atom is 0.213 e. The van der Waals surface area contributed by atoms with Gasteiger partial charge in [-0.1, -0.05) is 48.9 Å². The summed E-state index contributed by atoms with van der Waals surface area (Å²) >= 11 is 1.47. The van der Waals surface area contributed by atoms with Crippen LogP contribution < -0.4 is 0 Å². The monoisotopic (exact) mass is 311 g/mol. The van der Waals surface area contributed by atoms with Crippen molar-refractivity contribution in [1.82, 2.24) is 14.6 Å². The van der Waals surface area contributed by atoms with E-state index in [1.54, 1.807) is 0 Å². The molecule has 0 unspecified atom stereocenters. The molecule has 0 spiro atoms. The molecule has 2 heterocycles. The van der Waals surface area contributed by atoms with Gasteiger partial charge in [-0.2, -0.15) is 4.98 Å².